The molecule has 0 saturated heterocycles. The van der Waals surface area contributed by atoms with Gasteiger partial charge in [-0.15, -0.1) is 0 Å². The van der Waals surface area contributed by atoms with Crippen LogP contribution in [0.2, 0.25) is 0 Å². The normalized spacial score (nSPS) is 21.6. The first-order valence-electron chi connectivity index (χ1n) is 12.6. The Morgan fingerprint density at radius 1 is 1.11 bits per heavy atom. The molecule has 0 saturated carbocycles. The molecule has 0 spiro atoms. The number of aliphatic hydroxyl groups excluding tert-OH is 1. The van der Waals surface area contributed by atoms with E-state index in [1.807, 2.05) is 72.8 Å². The van der Waals surface area contributed by atoms with Crippen molar-refractivity contribution in [3.8, 4) is 0 Å². The van der Waals surface area contributed by atoms with Crippen LogP contribution in [0, 0.1) is 5.92 Å². The summed E-state index contributed by atoms with van der Waals surface area (Å²) in [4.78, 5) is 38.8. The molecule has 2 amide bonds. The molecule has 2 aromatic rings. The van der Waals surface area contributed by atoms with Crippen molar-refractivity contribution >= 4 is 17.8 Å². The summed E-state index contributed by atoms with van der Waals surface area (Å²) in [6.45, 7) is -0.0889. The number of hydrogen-bond acceptors (Lipinski definition) is 6. The Hall–Kier alpha value is -3.49. The molecule has 0 aromatic heterocycles. The lowest BCUT2D eigenvalue weighted by molar-refractivity contribution is -0.153. The zero-order chi connectivity index (χ0) is 26.5. The maximum Gasteiger partial charge on any atom is 0.306 e. The van der Waals surface area contributed by atoms with Crippen LogP contribution in [0.25, 0.3) is 0 Å². The third kappa shape index (κ3) is 9.15. The molecule has 3 N–H and O–H groups in total. The predicted molar refractivity (Wildman–Crippen MR) is 139 cm³/mol. The number of allylic oxidation sites excluding steroid dienone is 2. The van der Waals surface area contributed by atoms with Crippen molar-refractivity contribution in [2.24, 2.45) is 5.92 Å². The van der Waals surface area contributed by atoms with E-state index >= 15 is 0 Å². The van der Waals surface area contributed by atoms with Crippen molar-refractivity contribution in [3.63, 3.8) is 0 Å². The number of rotatable bonds is 9. The standard InChI is InChI=1S/C29H36N2O6/c1-36-20-25-28(22-13-7-3-8-14-22)37-27(34)16-10-4-9-15-23(29(35)31-25)18-26(33)30-24(19-32)17-21-11-5-2-6-12-21/h2-9,11-14,23-25,28,32H,10,15-20H2,1H3,(H,30,33)(H,31,35). The van der Waals surface area contributed by atoms with Gasteiger partial charge in [-0.05, 0) is 30.4 Å². The number of ether oxygens (including phenoxy) is 2. The van der Waals surface area contributed by atoms with Crippen molar-refractivity contribution in [1.29, 1.82) is 0 Å². The molecule has 8 nitrogen and oxygen atoms in total. The van der Waals surface area contributed by atoms with Crippen LogP contribution in [0.3, 0.4) is 0 Å². The smallest absolute Gasteiger partial charge is 0.306 e. The summed E-state index contributed by atoms with van der Waals surface area (Å²) in [6, 6.07) is 17.7. The minimum absolute atomic E-state index is 0.0447. The van der Waals surface area contributed by atoms with E-state index in [1.54, 1.807) is 0 Å². The van der Waals surface area contributed by atoms with E-state index in [-0.39, 0.29) is 43.8 Å². The molecule has 198 valence electrons. The molecule has 0 aliphatic carbocycles. The molecule has 3 rings (SSSR count). The van der Waals surface area contributed by atoms with Crippen molar-refractivity contribution in [3.05, 3.63) is 83.9 Å². The van der Waals surface area contributed by atoms with E-state index in [9.17, 15) is 19.5 Å². The Balaban J connectivity index is 1.75. The Bertz CT molecular complexity index is 1030. The van der Waals surface area contributed by atoms with Gasteiger partial charge in [-0.2, -0.15) is 0 Å². The average Bonchev–Trinajstić information content (AvgIpc) is 2.90. The van der Waals surface area contributed by atoms with E-state index in [2.05, 4.69) is 10.6 Å². The minimum Gasteiger partial charge on any atom is -0.455 e. The molecule has 1 heterocycles. The highest BCUT2D eigenvalue weighted by Gasteiger charge is 2.31. The van der Waals surface area contributed by atoms with E-state index in [0.29, 0.717) is 19.3 Å². The lowest BCUT2D eigenvalue weighted by atomic mass is 9.96. The van der Waals surface area contributed by atoms with Gasteiger partial charge in [0, 0.05) is 20.0 Å². The lowest BCUT2D eigenvalue weighted by Crippen LogP contribution is -2.47. The number of esters is 1. The monoisotopic (exact) mass is 508 g/mol. The van der Waals surface area contributed by atoms with Crippen LogP contribution >= 0.6 is 0 Å². The highest BCUT2D eigenvalue weighted by atomic mass is 16.5. The summed E-state index contributed by atoms with van der Waals surface area (Å²) in [5.74, 6) is -1.65. The SMILES string of the molecule is COCC1NC(=O)C(CC(=O)NC(CO)Cc2ccccc2)CC=CCCC(=O)OC1c1ccccc1. The van der Waals surface area contributed by atoms with E-state index in [4.69, 9.17) is 9.47 Å². The maximum absolute atomic E-state index is 13.4. The number of benzene rings is 2. The molecule has 0 radical (unpaired) electrons. The Morgan fingerprint density at radius 2 is 1.81 bits per heavy atom. The molecule has 4 unspecified atom stereocenters. The molecule has 4 atom stereocenters. The van der Waals surface area contributed by atoms with Crippen LogP contribution in [-0.2, 0) is 30.3 Å². The Kier molecular flexibility index (Phi) is 11.3. The lowest BCUT2D eigenvalue weighted by Gasteiger charge is -2.29. The van der Waals surface area contributed by atoms with Crippen molar-refractivity contribution in [2.75, 3.05) is 20.3 Å². The van der Waals surface area contributed by atoms with Gasteiger partial charge in [-0.25, -0.2) is 0 Å². The summed E-state index contributed by atoms with van der Waals surface area (Å²) >= 11 is 0. The molecule has 1 aliphatic rings. The highest BCUT2D eigenvalue weighted by molar-refractivity contribution is 5.86. The largest absolute Gasteiger partial charge is 0.455 e. The van der Waals surface area contributed by atoms with Gasteiger partial charge in [0.05, 0.1) is 31.2 Å². The number of cyclic esters (lactones) is 1. The fourth-order valence-electron chi connectivity index (χ4n) is 4.34. The van der Waals surface area contributed by atoms with Gasteiger partial charge in [0.25, 0.3) is 0 Å². The minimum atomic E-state index is -0.736. The second kappa shape index (κ2) is 14.9. The zero-order valence-corrected chi connectivity index (χ0v) is 21.2. The summed E-state index contributed by atoms with van der Waals surface area (Å²) < 4.78 is 11.1. The summed E-state index contributed by atoms with van der Waals surface area (Å²) in [6.07, 6.45) is 4.37. The quantitative estimate of drug-likeness (QED) is 0.355. The molecule has 0 fully saturated rings. The van der Waals surface area contributed by atoms with Crippen LogP contribution in [-0.4, -0.2) is 55.3 Å². The molecule has 0 bridgehead atoms. The van der Waals surface area contributed by atoms with E-state index < -0.39 is 24.1 Å². The molecular formula is C29H36N2O6. The van der Waals surface area contributed by atoms with Gasteiger partial charge in [-0.3, -0.25) is 14.4 Å². The molecule has 8 heteroatoms. The van der Waals surface area contributed by atoms with Gasteiger partial charge in [-0.1, -0.05) is 72.8 Å². The topological polar surface area (TPSA) is 114 Å². The summed E-state index contributed by atoms with van der Waals surface area (Å²) in [7, 11) is 1.52. The number of hydrogen-bond donors (Lipinski definition) is 3. The van der Waals surface area contributed by atoms with Crippen LogP contribution < -0.4 is 10.6 Å². The fraction of sp³-hybridized carbons (Fsp3) is 0.414. The van der Waals surface area contributed by atoms with Crippen LogP contribution in [0.15, 0.2) is 72.8 Å². The predicted octanol–water partition coefficient (Wildman–Crippen LogP) is 2.87. The van der Waals surface area contributed by atoms with Gasteiger partial charge in [0.15, 0.2) is 0 Å². The fourth-order valence-corrected chi connectivity index (χ4v) is 4.34. The average molecular weight is 509 g/mol. The van der Waals surface area contributed by atoms with Gasteiger partial charge in [0.2, 0.25) is 11.8 Å². The molecular weight excluding hydrogens is 472 g/mol. The van der Waals surface area contributed by atoms with E-state index in [1.165, 1.54) is 7.11 Å². The maximum atomic E-state index is 13.4. The second-order valence-corrected chi connectivity index (χ2v) is 9.18. The first-order valence-corrected chi connectivity index (χ1v) is 12.6. The zero-order valence-electron chi connectivity index (χ0n) is 21.2. The Labute approximate surface area is 218 Å². The number of carbonyl (C=O) groups excluding carboxylic acids is 3. The van der Waals surface area contributed by atoms with E-state index in [0.717, 1.165) is 11.1 Å². The van der Waals surface area contributed by atoms with Crippen molar-refractivity contribution in [2.45, 2.75) is 50.3 Å². The third-order valence-electron chi connectivity index (χ3n) is 6.24. The number of nitrogens with one attached hydrogen (secondary N) is 2. The number of amides is 2. The van der Waals surface area contributed by atoms with Crippen LogP contribution in [0.1, 0.15) is 42.9 Å². The molecule has 37 heavy (non-hydrogen) atoms. The highest BCUT2D eigenvalue weighted by Crippen LogP contribution is 2.24. The van der Waals surface area contributed by atoms with Crippen molar-refractivity contribution < 1.29 is 29.0 Å². The number of aliphatic hydroxyl groups is 1. The third-order valence-corrected chi connectivity index (χ3v) is 6.24. The summed E-state index contributed by atoms with van der Waals surface area (Å²) in [5, 5.41) is 15.6. The summed E-state index contributed by atoms with van der Waals surface area (Å²) in [5.41, 5.74) is 1.74. The van der Waals surface area contributed by atoms with Crippen LogP contribution in [0.4, 0.5) is 0 Å². The van der Waals surface area contributed by atoms with Gasteiger partial charge >= 0.3 is 5.97 Å². The molecule has 1 aliphatic heterocycles. The Morgan fingerprint density at radius 3 is 2.49 bits per heavy atom. The van der Waals surface area contributed by atoms with Gasteiger partial charge < -0.3 is 25.2 Å². The number of methoxy groups -OCH3 is 1. The number of carbonyl (C=O) groups is 3. The molecule has 2 aromatic carbocycles. The van der Waals surface area contributed by atoms with Crippen molar-refractivity contribution in [1.82, 2.24) is 10.6 Å². The van der Waals surface area contributed by atoms with Crippen LogP contribution in [0.5, 0.6) is 0 Å². The van der Waals surface area contributed by atoms with Gasteiger partial charge in [0.1, 0.15) is 6.10 Å². The second-order valence-electron chi connectivity index (χ2n) is 9.18. The first-order chi connectivity index (χ1) is 18.0. The first kappa shape index (κ1) is 28.1.